The molecule has 130 valence electrons. The zero-order valence-electron chi connectivity index (χ0n) is 14.0. The molecule has 2 aromatic heterocycles. The van der Waals surface area contributed by atoms with Gasteiger partial charge in [-0.2, -0.15) is 9.61 Å². The number of fused-ring (bicyclic) bond motifs is 1. The first-order valence-corrected chi connectivity index (χ1v) is 10.2. The molecule has 0 saturated carbocycles. The van der Waals surface area contributed by atoms with Crippen molar-refractivity contribution >= 4 is 21.3 Å². The molecule has 1 fully saturated rings. The van der Waals surface area contributed by atoms with Gasteiger partial charge in [-0.1, -0.05) is 30.3 Å². The summed E-state index contributed by atoms with van der Waals surface area (Å²) < 4.78 is 25.1. The Labute approximate surface area is 146 Å². The van der Waals surface area contributed by atoms with E-state index in [1.165, 1.54) is 0 Å². The molecular weight excluding hydrogens is 336 g/mol. The van der Waals surface area contributed by atoms with Gasteiger partial charge >= 0.3 is 0 Å². The molecule has 1 N–H and O–H groups in total. The summed E-state index contributed by atoms with van der Waals surface area (Å²) in [6.45, 7) is 2.55. The maximum absolute atomic E-state index is 11.7. The number of nitrogens with zero attached hydrogens (tertiary/aromatic N) is 3. The number of nitrogens with one attached hydrogen (secondary N) is 1. The highest BCUT2D eigenvalue weighted by atomic mass is 32.2. The van der Waals surface area contributed by atoms with Crippen LogP contribution in [0.25, 0.3) is 16.9 Å². The summed E-state index contributed by atoms with van der Waals surface area (Å²) in [6, 6.07) is 13.9. The SMILES string of the molecule is Cc1cc2nc(-c3ccccc3)cc(NCC3CCS(=O)(=O)C3)n2n1. The van der Waals surface area contributed by atoms with Gasteiger partial charge in [0, 0.05) is 24.2 Å². The van der Waals surface area contributed by atoms with Crippen LogP contribution in [-0.4, -0.2) is 41.1 Å². The maximum atomic E-state index is 11.7. The minimum absolute atomic E-state index is 0.144. The molecule has 1 unspecified atom stereocenters. The van der Waals surface area contributed by atoms with Crippen molar-refractivity contribution in [1.82, 2.24) is 14.6 Å². The van der Waals surface area contributed by atoms with E-state index in [0.29, 0.717) is 18.7 Å². The van der Waals surface area contributed by atoms with E-state index in [1.54, 1.807) is 4.52 Å². The van der Waals surface area contributed by atoms with Crippen LogP contribution < -0.4 is 5.32 Å². The smallest absolute Gasteiger partial charge is 0.158 e. The Hall–Kier alpha value is -2.41. The van der Waals surface area contributed by atoms with Gasteiger partial charge in [-0.05, 0) is 19.3 Å². The van der Waals surface area contributed by atoms with Crippen molar-refractivity contribution < 1.29 is 8.42 Å². The van der Waals surface area contributed by atoms with Crippen LogP contribution in [0.2, 0.25) is 0 Å². The van der Waals surface area contributed by atoms with Crippen LogP contribution in [0.1, 0.15) is 12.1 Å². The molecule has 1 aliphatic heterocycles. The fraction of sp³-hybridized carbons (Fsp3) is 0.333. The van der Waals surface area contributed by atoms with E-state index in [-0.39, 0.29) is 11.7 Å². The Morgan fingerprint density at radius 2 is 2.04 bits per heavy atom. The summed E-state index contributed by atoms with van der Waals surface area (Å²) in [6.07, 6.45) is 0.716. The minimum atomic E-state index is -2.86. The number of anilines is 1. The number of hydrogen-bond donors (Lipinski definition) is 1. The van der Waals surface area contributed by atoms with Crippen LogP contribution in [-0.2, 0) is 9.84 Å². The highest BCUT2D eigenvalue weighted by molar-refractivity contribution is 7.91. The Bertz CT molecular complexity index is 1010. The van der Waals surface area contributed by atoms with Gasteiger partial charge in [-0.3, -0.25) is 0 Å². The van der Waals surface area contributed by atoms with E-state index < -0.39 is 9.84 Å². The monoisotopic (exact) mass is 356 g/mol. The van der Waals surface area contributed by atoms with Gasteiger partial charge in [0.2, 0.25) is 0 Å². The molecule has 1 atom stereocenters. The average molecular weight is 356 g/mol. The van der Waals surface area contributed by atoms with Crippen molar-refractivity contribution in [3.05, 3.63) is 48.2 Å². The van der Waals surface area contributed by atoms with Crippen molar-refractivity contribution in [2.24, 2.45) is 5.92 Å². The molecular formula is C18H20N4O2S. The minimum Gasteiger partial charge on any atom is -0.370 e. The second-order valence-corrected chi connectivity index (χ2v) is 8.83. The largest absolute Gasteiger partial charge is 0.370 e. The molecule has 0 spiro atoms. The molecule has 0 bridgehead atoms. The van der Waals surface area contributed by atoms with Crippen molar-refractivity contribution in [1.29, 1.82) is 0 Å². The molecule has 0 aliphatic carbocycles. The number of rotatable bonds is 4. The second-order valence-electron chi connectivity index (χ2n) is 6.60. The van der Waals surface area contributed by atoms with Crippen LogP contribution >= 0.6 is 0 Å². The van der Waals surface area contributed by atoms with E-state index in [1.807, 2.05) is 49.4 Å². The van der Waals surface area contributed by atoms with Crippen molar-refractivity contribution in [3.63, 3.8) is 0 Å². The number of sulfone groups is 1. The van der Waals surface area contributed by atoms with E-state index in [9.17, 15) is 8.42 Å². The molecule has 7 heteroatoms. The van der Waals surface area contributed by atoms with E-state index in [0.717, 1.165) is 28.4 Å². The third kappa shape index (κ3) is 3.37. The molecule has 6 nitrogen and oxygen atoms in total. The Morgan fingerprint density at radius 1 is 1.24 bits per heavy atom. The van der Waals surface area contributed by atoms with Crippen LogP contribution in [0.3, 0.4) is 0 Å². The van der Waals surface area contributed by atoms with Gasteiger partial charge in [-0.15, -0.1) is 0 Å². The van der Waals surface area contributed by atoms with E-state index in [2.05, 4.69) is 10.4 Å². The summed E-state index contributed by atoms with van der Waals surface area (Å²) in [7, 11) is -2.86. The number of hydrogen-bond acceptors (Lipinski definition) is 5. The molecule has 4 rings (SSSR count). The molecule has 3 aromatic rings. The first kappa shape index (κ1) is 16.1. The zero-order valence-corrected chi connectivity index (χ0v) is 14.8. The van der Waals surface area contributed by atoms with Crippen molar-refractivity contribution in [3.8, 4) is 11.3 Å². The first-order chi connectivity index (χ1) is 12.0. The van der Waals surface area contributed by atoms with Crippen LogP contribution in [0.15, 0.2) is 42.5 Å². The fourth-order valence-corrected chi connectivity index (χ4v) is 5.12. The van der Waals surface area contributed by atoms with Crippen LogP contribution in [0, 0.1) is 12.8 Å². The highest BCUT2D eigenvalue weighted by Gasteiger charge is 2.27. The average Bonchev–Trinajstić information content (AvgIpc) is 3.14. The predicted molar refractivity (Wildman–Crippen MR) is 98.4 cm³/mol. The normalized spacial score (nSPS) is 19.3. The van der Waals surface area contributed by atoms with E-state index in [4.69, 9.17) is 4.98 Å². The standard InChI is InChI=1S/C18H20N4O2S/c1-13-9-18-20-16(15-5-3-2-4-6-15)10-17(22(18)21-13)19-11-14-7-8-25(23,24)12-14/h2-6,9-10,14,19H,7-8,11-12H2,1H3. The lowest BCUT2D eigenvalue weighted by Crippen LogP contribution is -2.17. The molecule has 1 aliphatic rings. The third-order valence-corrected chi connectivity index (χ3v) is 6.35. The van der Waals surface area contributed by atoms with Crippen molar-refractivity contribution in [2.45, 2.75) is 13.3 Å². The number of aryl methyl sites for hydroxylation is 1. The lowest BCUT2D eigenvalue weighted by molar-refractivity contribution is 0.595. The van der Waals surface area contributed by atoms with Gasteiger partial charge in [0.15, 0.2) is 15.5 Å². The molecule has 1 aromatic carbocycles. The molecule has 25 heavy (non-hydrogen) atoms. The number of benzene rings is 1. The Kier molecular flexibility index (Phi) is 3.95. The van der Waals surface area contributed by atoms with Crippen molar-refractivity contribution in [2.75, 3.05) is 23.4 Å². The Morgan fingerprint density at radius 3 is 2.76 bits per heavy atom. The number of aromatic nitrogens is 3. The van der Waals surface area contributed by atoms with Gasteiger partial charge in [0.25, 0.3) is 0 Å². The quantitative estimate of drug-likeness (QED) is 0.777. The fourth-order valence-electron chi connectivity index (χ4n) is 3.25. The Balaban J connectivity index is 1.67. The topological polar surface area (TPSA) is 76.4 Å². The first-order valence-electron chi connectivity index (χ1n) is 8.37. The summed E-state index contributed by atoms with van der Waals surface area (Å²) in [5.41, 5.74) is 3.58. The second kappa shape index (κ2) is 6.15. The summed E-state index contributed by atoms with van der Waals surface area (Å²) in [5.74, 6) is 1.53. The maximum Gasteiger partial charge on any atom is 0.158 e. The van der Waals surface area contributed by atoms with Gasteiger partial charge in [0.05, 0.1) is 22.9 Å². The third-order valence-electron chi connectivity index (χ3n) is 4.52. The molecule has 1 saturated heterocycles. The zero-order chi connectivity index (χ0) is 17.4. The van der Waals surface area contributed by atoms with Crippen LogP contribution in [0.5, 0.6) is 0 Å². The van der Waals surface area contributed by atoms with Gasteiger partial charge < -0.3 is 5.32 Å². The summed E-state index contributed by atoms with van der Waals surface area (Å²) >= 11 is 0. The van der Waals surface area contributed by atoms with Gasteiger partial charge in [0.1, 0.15) is 5.82 Å². The van der Waals surface area contributed by atoms with Gasteiger partial charge in [-0.25, -0.2) is 13.4 Å². The molecule has 0 radical (unpaired) electrons. The lowest BCUT2D eigenvalue weighted by Gasteiger charge is -2.13. The van der Waals surface area contributed by atoms with E-state index >= 15 is 0 Å². The lowest BCUT2D eigenvalue weighted by atomic mass is 10.1. The molecule has 0 amide bonds. The van der Waals surface area contributed by atoms with Crippen LogP contribution in [0.4, 0.5) is 5.82 Å². The summed E-state index contributed by atoms with van der Waals surface area (Å²) in [5, 5.41) is 7.88. The molecule has 3 heterocycles. The predicted octanol–water partition coefficient (Wildman–Crippen LogP) is 2.55. The highest BCUT2D eigenvalue weighted by Crippen LogP contribution is 2.24. The summed E-state index contributed by atoms with van der Waals surface area (Å²) in [4.78, 5) is 4.69.